The molecule has 1 atom stereocenters. The summed E-state index contributed by atoms with van der Waals surface area (Å²) in [5.74, 6) is -0.422. The summed E-state index contributed by atoms with van der Waals surface area (Å²) in [7, 11) is 3.04. The molecule has 1 amide bonds. The smallest absolute Gasteiger partial charge is 0.326 e. The van der Waals surface area contributed by atoms with Gasteiger partial charge in [-0.25, -0.2) is 4.79 Å². The van der Waals surface area contributed by atoms with Crippen molar-refractivity contribution in [3.05, 3.63) is 0 Å². The third-order valence-electron chi connectivity index (χ3n) is 1.91. The fourth-order valence-corrected chi connectivity index (χ4v) is 3.48. The maximum Gasteiger partial charge on any atom is 0.326 e. The number of carbonyl (C=O) groups is 2. The lowest BCUT2D eigenvalue weighted by molar-refractivity contribution is -0.142. The van der Waals surface area contributed by atoms with Gasteiger partial charge in [-0.1, -0.05) is 21.6 Å². The molecule has 1 fully saturated rings. The minimum absolute atomic E-state index is 0.206. The van der Waals surface area contributed by atoms with Crippen LogP contribution >= 0.6 is 21.6 Å². The number of hydrogen-bond donors (Lipinski definition) is 2. The number of hydrogen-bond acceptors (Lipinski definition) is 4. The number of carboxylic acids is 1. The van der Waals surface area contributed by atoms with Crippen LogP contribution in [0.15, 0.2) is 0 Å². The average molecular weight is 235 g/mol. The van der Waals surface area contributed by atoms with E-state index in [-0.39, 0.29) is 5.91 Å². The van der Waals surface area contributed by atoms with Gasteiger partial charge in [0.1, 0.15) is 6.04 Å². The fraction of sp³-hybridized carbons (Fsp3) is 0.750. The van der Waals surface area contributed by atoms with Crippen LogP contribution in [0, 0.1) is 0 Å². The fourth-order valence-electron chi connectivity index (χ4n) is 0.982. The lowest BCUT2D eigenvalue weighted by Gasteiger charge is -2.27. The SMILES string of the molecule is CC1(C)SSCCC(C(=O)O)NC1=O. The predicted octanol–water partition coefficient (Wildman–Crippen LogP) is 1.12. The van der Waals surface area contributed by atoms with Crippen molar-refractivity contribution in [1.29, 1.82) is 0 Å². The number of nitrogens with one attached hydrogen (secondary N) is 1. The van der Waals surface area contributed by atoms with Crippen LogP contribution in [0.1, 0.15) is 20.3 Å². The van der Waals surface area contributed by atoms with Gasteiger partial charge in [0.25, 0.3) is 0 Å². The van der Waals surface area contributed by atoms with Crippen LogP contribution in [0.2, 0.25) is 0 Å². The summed E-state index contributed by atoms with van der Waals surface area (Å²) in [5.41, 5.74) is 0. The molecule has 1 aliphatic heterocycles. The van der Waals surface area contributed by atoms with Gasteiger partial charge in [0.15, 0.2) is 0 Å². The Labute approximate surface area is 90.6 Å². The van der Waals surface area contributed by atoms with Crippen LogP contribution in [0.4, 0.5) is 0 Å². The highest BCUT2D eigenvalue weighted by atomic mass is 33.1. The van der Waals surface area contributed by atoms with Crippen molar-refractivity contribution in [3.63, 3.8) is 0 Å². The summed E-state index contributed by atoms with van der Waals surface area (Å²) in [6.45, 7) is 3.59. The predicted molar refractivity (Wildman–Crippen MR) is 58.3 cm³/mol. The number of carbonyl (C=O) groups excluding carboxylic acids is 1. The van der Waals surface area contributed by atoms with E-state index in [1.165, 1.54) is 10.8 Å². The molecular weight excluding hydrogens is 222 g/mol. The third kappa shape index (κ3) is 2.81. The van der Waals surface area contributed by atoms with E-state index in [9.17, 15) is 9.59 Å². The molecule has 0 saturated carbocycles. The summed E-state index contributed by atoms with van der Waals surface area (Å²) in [4.78, 5) is 22.3. The summed E-state index contributed by atoms with van der Waals surface area (Å²) in [6, 6.07) is -0.741. The second-order valence-corrected chi connectivity index (χ2v) is 6.61. The molecule has 14 heavy (non-hydrogen) atoms. The first-order chi connectivity index (χ1) is 6.43. The molecule has 4 nitrogen and oxygen atoms in total. The molecular formula is C8H13NO3S2. The molecule has 0 radical (unpaired) electrons. The van der Waals surface area contributed by atoms with Crippen molar-refractivity contribution in [1.82, 2.24) is 5.32 Å². The van der Waals surface area contributed by atoms with Gasteiger partial charge in [-0.05, 0) is 20.3 Å². The highest BCUT2D eigenvalue weighted by Gasteiger charge is 2.34. The first-order valence-electron chi connectivity index (χ1n) is 4.28. The molecule has 1 saturated heterocycles. The van der Waals surface area contributed by atoms with Crippen LogP contribution in [-0.2, 0) is 9.59 Å². The van der Waals surface area contributed by atoms with Crippen LogP contribution in [-0.4, -0.2) is 33.5 Å². The van der Waals surface area contributed by atoms with E-state index in [0.717, 1.165) is 5.75 Å². The van der Waals surface area contributed by atoms with E-state index in [2.05, 4.69) is 5.32 Å². The maximum absolute atomic E-state index is 11.6. The second-order valence-electron chi connectivity index (χ2n) is 3.57. The van der Waals surface area contributed by atoms with E-state index >= 15 is 0 Å². The molecule has 0 aromatic rings. The highest BCUT2D eigenvalue weighted by Crippen LogP contribution is 2.37. The minimum Gasteiger partial charge on any atom is -0.480 e. The molecule has 1 unspecified atom stereocenters. The Morgan fingerprint density at radius 2 is 2.29 bits per heavy atom. The molecule has 0 spiro atoms. The second kappa shape index (κ2) is 4.44. The van der Waals surface area contributed by atoms with Gasteiger partial charge in [0.2, 0.25) is 5.91 Å². The summed E-state index contributed by atoms with van der Waals surface area (Å²) < 4.78 is -0.557. The number of aliphatic carboxylic acids is 1. The molecule has 6 heteroatoms. The largest absolute Gasteiger partial charge is 0.480 e. The Hall–Kier alpha value is -0.360. The molecule has 0 aromatic carbocycles. The minimum atomic E-state index is -0.957. The van der Waals surface area contributed by atoms with Crippen LogP contribution in [0.3, 0.4) is 0 Å². The van der Waals surface area contributed by atoms with Gasteiger partial charge in [0, 0.05) is 5.75 Å². The summed E-state index contributed by atoms with van der Waals surface area (Å²) in [5, 5.41) is 11.3. The zero-order chi connectivity index (χ0) is 10.8. The lowest BCUT2D eigenvalue weighted by atomic mass is 10.1. The molecule has 1 rings (SSSR count). The first kappa shape index (κ1) is 11.7. The topological polar surface area (TPSA) is 66.4 Å². The quantitative estimate of drug-likeness (QED) is 0.667. The zero-order valence-corrected chi connectivity index (χ0v) is 9.70. The Kier molecular flexibility index (Phi) is 3.71. The van der Waals surface area contributed by atoms with Crippen molar-refractivity contribution in [2.24, 2.45) is 0 Å². The van der Waals surface area contributed by atoms with Crippen LogP contribution in [0.5, 0.6) is 0 Å². The van der Waals surface area contributed by atoms with Gasteiger partial charge in [-0.2, -0.15) is 0 Å². The van der Waals surface area contributed by atoms with Gasteiger partial charge in [0.05, 0.1) is 4.75 Å². The molecule has 2 N–H and O–H groups in total. The van der Waals surface area contributed by atoms with E-state index in [0.29, 0.717) is 6.42 Å². The third-order valence-corrected chi connectivity index (χ3v) is 5.13. The van der Waals surface area contributed by atoms with Crippen molar-refractivity contribution in [3.8, 4) is 0 Å². The normalized spacial score (nSPS) is 27.3. The molecule has 1 heterocycles. The monoisotopic (exact) mass is 235 g/mol. The van der Waals surface area contributed by atoms with Crippen molar-refractivity contribution < 1.29 is 14.7 Å². The van der Waals surface area contributed by atoms with E-state index < -0.39 is 16.8 Å². The molecule has 0 bridgehead atoms. The Bertz CT molecular complexity index is 255. The van der Waals surface area contributed by atoms with Gasteiger partial charge >= 0.3 is 5.97 Å². The van der Waals surface area contributed by atoms with Crippen molar-refractivity contribution in [2.75, 3.05) is 5.75 Å². The molecule has 0 aromatic heterocycles. The highest BCUT2D eigenvalue weighted by molar-refractivity contribution is 8.77. The molecule has 0 aliphatic carbocycles. The van der Waals surface area contributed by atoms with Crippen molar-refractivity contribution >= 4 is 33.5 Å². The molecule has 80 valence electrons. The Morgan fingerprint density at radius 3 is 2.86 bits per heavy atom. The zero-order valence-electron chi connectivity index (χ0n) is 8.07. The van der Waals surface area contributed by atoms with Gasteiger partial charge in [-0.15, -0.1) is 0 Å². The van der Waals surface area contributed by atoms with Crippen LogP contribution in [0.25, 0.3) is 0 Å². The Morgan fingerprint density at radius 1 is 1.64 bits per heavy atom. The van der Waals surface area contributed by atoms with E-state index in [4.69, 9.17) is 5.11 Å². The van der Waals surface area contributed by atoms with Crippen LogP contribution < -0.4 is 5.32 Å². The van der Waals surface area contributed by atoms with Gasteiger partial charge < -0.3 is 10.4 Å². The summed E-state index contributed by atoms with van der Waals surface area (Å²) in [6.07, 6.45) is 0.481. The van der Waals surface area contributed by atoms with E-state index in [1.807, 2.05) is 0 Å². The average Bonchev–Trinajstić information content (AvgIpc) is 2.07. The standard InChI is InChI=1S/C8H13NO3S2/c1-8(2)7(12)9-5(6(10)11)3-4-13-14-8/h5H,3-4H2,1-2H3,(H,9,12)(H,10,11). The summed E-state index contributed by atoms with van der Waals surface area (Å²) >= 11 is 0. The van der Waals surface area contributed by atoms with Gasteiger partial charge in [-0.3, -0.25) is 4.79 Å². The number of amides is 1. The lowest BCUT2D eigenvalue weighted by Crippen LogP contribution is -2.49. The molecule has 1 aliphatic rings. The first-order valence-corrected chi connectivity index (χ1v) is 6.60. The Balaban J connectivity index is 2.71. The maximum atomic E-state index is 11.6. The number of rotatable bonds is 1. The number of carboxylic acid groups (broad SMARTS) is 1. The van der Waals surface area contributed by atoms with Crippen molar-refractivity contribution in [2.45, 2.75) is 31.1 Å². The van der Waals surface area contributed by atoms with E-state index in [1.54, 1.807) is 24.6 Å².